The fourth-order valence-corrected chi connectivity index (χ4v) is 2.98. The predicted molar refractivity (Wildman–Crippen MR) is 98.4 cm³/mol. The van der Waals surface area contributed by atoms with E-state index < -0.39 is 47.1 Å². The summed E-state index contributed by atoms with van der Waals surface area (Å²) in [6.07, 6.45) is -9.41. The molecule has 166 valence electrons. The Bertz CT molecular complexity index is 949. The average molecular weight is 446 g/mol. The highest BCUT2D eigenvalue weighted by Crippen LogP contribution is 2.37. The maximum Gasteiger partial charge on any atom is 0.416 e. The summed E-state index contributed by atoms with van der Waals surface area (Å²) in [6.45, 7) is 0.456. The standard InChI is InChI=1S/C20H16F6N2O3/c21-19(22,23)12-8-13(20(24,25)26)10-15(9-12)28-17(29)11-3-1-4-14(7-11)27-18(30)16-5-2-6-31-16/h1,3-4,7-10,16H,2,5-6H2,(H,27,30)(H,28,29). The summed E-state index contributed by atoms with van der Waals surface area (Å²) in [5, 5.41) is 4.60. The molecule has 11 heteroatoms. The van der Waals surface area contributed by atoms with Gasteiger partial charge < -0.3 is 15.4 Å². The highest BCUT2D eigenvalue weighted by Gasteiger charge is 2.37. The Labute approximate surface area is 172 Å². The van der Waals surface area contributed by atoms with Crippen LogP contribution in [0.2, 0.25) is 0 Å². The first-order valence-electron chi connectivity index (χ1n) is 9.07. The van der Waals surface area contributed by atoms with E-state index in [0.29, 0.717) is 25.2 Å². The normalized spacial score (nSPS) is 16.8. The van der Waals surface area contributed by atoms with Crippen LogP contribution in [0.4, 0.5) is 37.7 Å². The molecule has 2 aromatic carbocycles. The Kier molecular flexibility index (Phi) is 6.25. The number of alkyl halides is 6. The van der Waals surface area contributed by atoms with E-state index in [0.717, 1.165) is 6.42 Å². The number of halogens is 6. The van der Waals surface area contributed by atoms with Crippen molar-refractivity contribution in [2.45, 2.75) is 31.3 Å². The maximum absolute atomic E-state index is 13.0. The Balaban J connectivity index is 1.80. The molecular weight excluding hydrogens is 430 g/mol. The molecule has 1 aliphatic heterocycles. The second-order valence-corrected chi connectivity index (χ2v) is 6.82. The fourth-order valence-electron chi connectivity index (χ4n) is 2.98. The molecule has 1 unspecified atom stereocenters. The quantitative estimate of drug-likeness (QED) is 0.643. The van der Waals surface area contributed by atoms with Crippen LogP contribution in [0.15, 0.2) is 42.5 Å². The van der Waals surface area contributed by atoms with E-state index in [-0.39, 0.29) is 17.3 Å². The van der Waals surface area contributed by atoms with Gasteiger partial charge in [0.15, 0.2) is 0 Å². The molecule has 0 spiro atoms. The number of carbonyl (C=O) groups is 2. The molecule has 1 atom stereocenters. The van der Waals surface area contributed by atoms with Crippen molar-refractivity contribution in [3.05, 3.63) is 59.2 Å². The van der Waals surface area contributed by atoms with Gasteiger partial charge >= 0.3 is 12.4 Å². The van der Waals surface area contributed by atoms with Crippen LogP contribution in [-0.2, 0) is 21.9 Å². The lowest BCUT2D eigenvalue weighted by molar-refractivity contribution is -0.143. The molecule has 2 aromatic rings. The highest BCUT2D eigenvalue weighted by atomic mass is 19.4. The molecular formula is C20H16F6N2O3. The number of ether oxygens (including phenoxy) is 1. The van der Waals surface area contributed by atoms with Crippen LogP contribution in [0.1, 0.15) is 34.3 Å². The van der Waals surface area contributed by atoms with Gasteiger partial charge in [-0.25, -0.2) is 0 Å². The van der Waals surface area contributed by atoms with E-state index in [1.165, 1.54) is 24.3 Å². The Hall–Kier alpha value is -3.08. The largest absolute Gasteiger partial charge is 0.416 e. The van der Waals surface area contributed by atoms with Gasteiger partial charge in [-0.1, -0.05) is 6.07 Å². The third kappa shape index (κ3) is 5.75. The highest BCUT2D eigenvalue weighted by molar-refractivity contribution is 6.05. The van der Waals surface area contributed by atoms with Crippen molar-refractivity contribution in [2.24, 2.45) is 0 Å². The van der Waals surface area contributed by atoms with Gasteiger partial charge in [0.25, 0.3) is 11.8 Å². The van der Waals surface area contributed by atoms with E-state index in [2.05, 4.69) is 5.32 Å². The topological polar surface area (TPSA) is 67.4 Å². The first-order valence-corrected chi connectivity index (χ1v) is 9.07. The molecule has 0 saturated carbocycles. The van der Waals surface area contributed by atoms with Gasteiger partial charge in [0, 0.05) is 23.5 Å². The van der Waals surface area contributed by atoms with Gasteiger partial charge in [0.05, 0.1) is 11.1 Å². The molecule has 0 bridgehead atoms. The SMILES string of the molecule is O=C(Nc1cc(C(F)(F)F)cc(C(F)(F)F)c1)c1cccc(NC(=O)C2CCCO2)c1. The summed E-state index contributed by atoms with van der Waals surface area (Å²) in [5.41, 5.74) is -3.60. The smallest absolute Gasteiger partial charge is 0.368 e. The van der Waals surface area contributed by atoms with E-state index >= 15 is 0 Å². The Morgan fingerprint density at radius 1 is 0.871 bits per heavy atom. The minimum atomic E-state index is -5.03. The molecule has 2 amide bonds. The van der Waals surface area contributed by atoms with Crippen molar-refractivity contribution in [3.63, 3.8) is 0 Å². The lowest BCUT2D eigenvalue weighted by atomic mass is 10.1. The second kappa shape index (κ2) is 8.58. The molecule has 0 aliphatic carbocycles. The minimum absolute atomic E-state index is 0.0308. The number of amides is 2. The van der Waals surface area contributed by atoms with Gasteiger partial charge in [-0.2, -0.15) is 26.3 Å². The molecule has 5 nitrogen and oxygen atoms in total. The third-order valence-electron chi connectivity index (χ3n) is 4.46. The maximum atomic E-state index is 13.0. The number of nitrogens with one attached hydrogen (secondary N) is 2. The number of anilines is 2. The Morgan fingerprint density at radius 3 is 2.06 bits per heavy atom. The van der Waals surface area contributed by atoms with E-state index in [1.54, 1.807) is 0 Å². The van der Waals surface area contributed by atoms with Crippen LogP contribution < -0.4 is 10.6 Å². The number of hydrogen-bond donors (Lipinski definition) is 2. The van der Waals surface area contributed by atoms with Gasteiger partial charge in [0.2, 0.25) is 0 Å². The van der Waals surface area contributed by atoms with E-state index in [9.17, 15) is 35.9 Å². The molecule has 0 radical (unpaired) electrons. The van der Waals surface area contributed by atoms with Crippen molar-refractivity contribution >= 4 is 23.2 Å². The summed E-state index contributed by atoms with van der Waals surface area (Å²) in [6, 6.07) is 6.24. The van der Waals surface area contributed by atoms with Crippen molar-refractivity contribution < 1.29 is 40.7 Å². The lowest BCUT2D eigenvalue weighted by Crippen LogP contribution is -2.27. The van der Waals surface area contributed by atoms with Crippen LogP contribution in [-0.4, -0.2) is 24.5 Å². The van der Waals surface area contributed by atoms with Crippen molar-refractivity contribution in [3.8, 4) is 0 Å². The van der Waals surface area contributed by atoms with Gasteiger partial charge in [-0.15, -0.1) is 0 Å². The average Bonchev–Trinajstić information content (AvgIpc) is 3.21. The van der Waals surface area contributed by atoms with Crippen molar-refractivity contribution in [1.82, 2.24) is 0 Å². The van der Waals surface area contributed by atoms with Crippen molar-refractivity contribution in [2.75, 3.05) is 17.2 Å². The number of carbonyl (C=O) groups excluding carboxylic acids is 2. The number of rotatable bonds is 4. The third-order valence-corrected chi connectivity index (χ3v) is 4.46. The molecule has 1 saturated heterocycles. The molecule has 3 rings (SSSR count). The molecule has 0 aromatic heterocycles. The monoisotopic (exact) mass is 446 g/mol. The zero-order valence-corrected chi connectivity index (χ0v) is 15.7. The summed E-state index contributed by atoms with van der Waals surface area (Å²) in [5.74, 6) is -1.36. The molecule has 1 heterocycles. The van der Waals surface area contributed by atoms with Gasteiger partial charge in [0.1, 0.15) is 6.10 Å². The van der Waals surface area contributed by atoms with Gasteiger partial charge in [-0.05, 0) is 49.2 Å². The summed E-state index contributed by atoms with van der Waals surface area (Å²) >= 11 is 0. The molecule has 1 aliphatic rings. The van der Waals surface area contributed by atoms with Crippen LogP contribution in [0, 0.1) is 0 Å². The van der Waals surface area contributed by atoms with E-state index in [4.69, 9.17) is 4.74 Å². The van der Waals surface area contributed by atoms with Crippen molar-refractivity contribution in [1.29, 1.82) is 0 Å². The zero-order chi connectivity index (χ0) is 22.8. The molecule has 1 fully saturated rings. The summed E-state index contributed by atoms with van der Waals surface area (Å²) in [4.78, 5) is 24.5. The fraction of sp³-hybridized carbons (Fsp3) is 0.300. The predicted octanol–water partition coefficient (Wildman–Crippen LogP) is 5.09. The second-order valence-electron chi connectivity index (χ2n) is 6.82. The first kappa shape index (κ1) is 22.6. The van der Waals surface area contributed by atoms with Crippen LogP contribution in [0.25, 0.3) is 0 Å². The van der Waals surface area contributed by atoms with E-state index in [1.807, 2.05) is 5.32 Å². The lowest BCUT2D eigenvalue weighted by Gasteiger charge is -2.15. The first-order chi connectivity index (χ1) is 14.4. The number of benzene rings is 2. The van der Waals surface area contributed by atoms with Gasteiger partial charge in [-0.3, -0.25) is 9.59 Å². The van der Waals surface area contributed by atoms with Crippen LogP contribution in [0.5, 0.6) is 0 Å². The van der Waals surface area contributed by atoms with Crippen LogP contribution in [0.3, 0.4) is 0 Å². The zero-order valence-electron chi connectivity index (χ0n) is 15.7. The van der Waals surface area contributed by atoms with Crippen LogP contribution >= 0.6 is 0 Å². The Morgan fingerprint density at radius 2 is 1.52 bits per heavy atom. The molecule has 2 N–H and O–H groups in total. The molecule has 31 heavy (non-hydrogen) atoms. The minimum Gasteiger partial charge on any atom is -0.368 e. The summed E-state index contributed by atoms with van der Waals surface area (Å²) < 4.78 is 83.1. The summed E-state index contributed by atoms with van der Waals surface area (Å²) in [7, 11) is 0. The number of hydrogen-bond acceptors (Lipinski definition) is 3.